The van der Waals surface area contributed by atoms with E-state index < -0.39 is 11.9 Å². The van der Waals surface area contributed by atoms with Gasteiger partial charge in [-0.3, -0.25) is 0 Å². The van der Waals surface area contributed by atoms with Crippen molar-refractivity contribution >= 4 is 41.3 Å². The molecule has 1 aromatic rings. The van der Waals surface area contributed by atoms with E-state index in [1.807, 2.05) is 6.92 Å². The quantitative estimate of drug-likeness (QED) is 0.274. The number of aliphatic imine (C=N–C) groups is 1. The molecule has 1 aromatic heterocycles. The van der Waals surface area contributed by atoms with Gasteiger partial charge in [-0.15, -0.1) is 35.3 Å². The molecule has 0 atom stereocenters. The van der Waals surface area contributed by atoms with Crippen molar-refractivity contribution in [2.24, 2.45) is 10.9 Å². The first kappa shape index (κ1) is 22.4. The minimum atomic E-state index is -4.39. The summed E-state index contributed by atoms with van der Waals surface area (Å²) in [4.78, 5) is 7.83. The average Bonchev–Trinajstić information content (AvgIpc) is 2.89. The third kappa shape index (κ3) is 9.33. The van der Waals surface area contributed by atoms with Crippen molar-refractivity contribution in [2.45, 2.75) is 46.3 Å². The highest BCUT2D eigenvalue weighted by molar-refractivity contribution is 14.0. The molecular weight excluding hydrogens is 440 g/mol. The van der Waals surface area contributed by atoms with E-state index in [9.17, 15) is 13.2 Å². The van der Waals surface area contributed by atoms with Crippen LogP contribution in [-0.2, 0) is 12.7 Å². The first-order chi connectivity index (χ1) is 10.3. The van der Waals surface area contributed by atoms with E-state index >= 15 is 0 Å². The first-order valence-electron chi connectivity index (χ1n) is 7.36. The van der Waals surface area contributed by atoms with Gasteiger partial charge in [0.1, 0.15) is 5.01 Å². The summed E-state index contributed by atoms with van der Waals surface area (Å²) < 4.78 is 37.4. The second kappa shape index (κ2) is 11.1. The highest BCUT2D eigenvalue weighted by Crippen LogP contribution is 2.30. The zero-order chi connectivity index (χ0) is 16.6. The Morgan fingerprint density at radius 1 is 1.35 bits per heavy atom. The topological polar surface area (TPSA) is 49.3 Å². The first-order valence-corrected chi connectivity index (χ1v) is 8.24. The molecule has 0 saturated heterocycles. The van der Waals surface area contributed by atoms with E-state index in [1.165, 1.54) is 0 Å². The molecular formula is C14H24F3IN4S. The maximum Gasteiger partial charge on any atom is 0.434 e. The zero-order valence-corrected chi connectivity index (χ0v) is 16.7. The van der Waals surface area contributed by atoms with Crippen molar-refractivity contribution < 1.29 is 13.2 Å². The van der Waals surface area contributed by atoms with Crippen LogP contribution < -0.4 is 10.6 Å². The predicted molar refractivity (Wildman–Crippen MR) is 99.4 cm³/mol. The molecule has 0 aliphatic carbocycles. The number of nitrogens with one attached hydrogen (secondary N) is 2. The molecule has 4 nitrogen and oxygen atoms in total. The van der Waals surface area contributed by atoms with Crippen LogP contribution in [0.4, 0.5) is 13.2 Å². The second-order valence-electron chi connectivity index (χ2n) is 5.28. The van der Waals surface area contributed by atoms with Gasteiger partial charge in [0, 0.05) is 18.5 Å². The molecule has 1 rings (SSSR count). The van der Waals surface area contributed by atoms with Gasteiger partial charge in [-0.1, -0.05) is 13.8 Å². The van der Waals surface area contributed by atoms with Crippen LogP contribution in [0.3, 0.4) is 0 Å². The summed E-state index contributed by atoms with van der Waals surface area (Å²) in [5.41, 5.74) is -0.849. The summed E-state index contributed by atoms with van der Waals surface area (Å²) in [5, 5.41) is 7.62. The molecule has 0 spiro atoms. The Labute approximate surface area is 156 Å². The Balaban J connectivity index is 0.00000484. The molecule has 9 heteroatoms. The molecule has 0 amide bonds. The number of guanidine groups is 1. The number of rotatable bonds is 7. The van der Waals surface area contributed by atoms with E-state index in [1.54, 1.807) is 0 Å². The number of alkyl halides is 3. The van der Waals surface area contributed by atoms with Crippen LogP contribution in [-0.4, -0.2) is 24.0 Å². The summed E-state index contributed by atoms with van der Waals surface area (Å²) in [6, 6.07) is 0. The van der Waals surface area contributed by atoms with Gasteiger partial charge >= 0.3 is 6.18 Å². The Morgan fingerprint density at radius 3 is 2.57 bits per heavy atom. The van der Waals surface area contributed by atoms with Crippen LogP contribution in [0.25, 0.3) is 0 Å². The van der Waals surface area contributed by atoms with Crippen LogP contribution in [0.15, 0.2) is 10.4 Å². The average molecular weight is 464 g/mol. The van der Waals surface area contributed by atoms with Gasteiger partial charge in [0.05, 0.1) is 6.54 Å². The van der Waals surface area contributed by atoms with E-state index in [4.69, 9.17) is 0 Å². The fourth-order valence-corrected chi connectivity index (χ4v) is 2.44. The molecule has 23 heavy (non-hydrogen) atoms. The largest absolute Gasteiger partial charge is 0.434 e. The van der Waals surface area contributed by atoms with Crippen molar-refractivity contribution in [1.29, 1.82) is 0 Å². The Kier molecular flexibility index (Phi) is 10.8. The van der Waals surface area contributed by atoms with Crippen molar-refractivity contribution in [3.63, 3.8) is 0 Å². The summed E-state index contributed by atoms with van der Waals surface area (Å²) in [5.74, 6) is 1.26. The molecule has 0 aliphatic heterocycles. The van der Waals surface area contributed by atoms with Gasteiger partial charge in [0.15, 0.2) is 11.7 Å². The summed E-state index contributed by atoms with van der Waals surface area (Å²) in [6.45, 7) is 7.90. The van der Waals surface area contributed by atoms with Crippen LogP contribution in [0, 0.1) is 5.92 Å². The molecule has 0 fully saturated rings. The van der Waals surface area contributed by atoms with Crippen molar-refractivity contribution in [3.05, 3.63) is 16.1 Å². The van der Waals surface area contributed by atoms with Gasteiger partial charge in [-0.2, -0.15) is 13.2 Å². The van der Waals surface area contributed by atoms with Crippen molar-refractivity contribution in [2.75, 3.05) is 13.1 Å². The highest BCUT2D eigenvalue weighted by Gasteiger charge is 2.33. The summed E-state index contributed by atoms with van der Waals surface area (Å²) in [7, 11) is 0. The minimum Gasteiger partial charge on any atom is -0.357 e. The van der Waals surface area contributed by atoms with Crippen LogP contribution in [0.1, 0.15) is 44.3 Å². The third-order valence-electron chi connectivity index (χ3n) is 2.81. The number of nitrogens with zero attached hydrogens (tertiary/aromatic N) is 2. The van der Waals surface area contributed by atoms with Crippen molar-refractivity contribution in [1.82, 2.24) is 15.6 Å². The lowest BCUT2D eigenvalue weighted by atomic mass is 10.1. The lowest BCUT2D eigenvalue weighted by Gasteiger charge is -2.11. The van der Waals surface area contributed by atoms with E-state index in [0.717, 1.165) is 36.1 Å². The van der Waals surface area contributed by atoms with E-state index in [-0.39, 0.29) is 30.5 Å². The molecule has 0 unspecified atom stereocenters. The number of hydrogen-bond acceptors (Lipinski definition) is 3. The molecule has 0 bridgehead atoms. The maximum absolute atomic E-state index is 12.5. The molecule has 0 saturated carbocycles. The standard InChI is InChI=1S/C14H23F3N4S.HI/c1-4-18-13(19-7-5-6-10(2)3)20-8-12-21-11(9-22-12)14(15,16)17;/h9-10H,4-8H2,1-3H3,(H2,18,19,20);1H. The summed E-state index contributed by atoms with van der Waals surface area (Å²) in [6.07, 6.45) is -2.25. The molecule has 134 valence electrons. The van der Waals surface area contributed by atoms with Gasteiger partial charge in [-0.25, -0.2) is 9.98 Å². The number of thiazole rings is 1. The Hall–Kier alpha value is -0.580. The minimum absolute atomic E-state index is 0. The molecule has 0 aliphatic rings. The fraction of sp³-hybridized carbons (Fsp3) is 0.714. The van der Waals surface area contributed by atoms with Crippen LogP contribution in [0.2, 0.25) is 0 Å². The van der Waals surface area contributed by atoms with Gasteiger partial charge in [0.2, 0.25) is 0 Å². The van der Waals surface area contributed by atoms with E-state index in [2.05, 4.69) is 34.5 Å². The SMILES string of the molecule is CCNC(=NCc1nc(C(F)(F)F)cs1)NCCCC(C)C.I. The lowest BCUT2D eigenvalue weighted by molar-refractivity contribution is -0.140. The molecule has 0 aromatic carbocycles. The monoisotopic (exact) mass is 464 g/mol. The van der Waals surface area contributed by atoms with Crippen LogP contribution >= 0.6 is 35.3 Å². The lowest BCUT2D eigenvalue weighted by Crippen LogP contribution is -2.37. The normalized spacial score (nSPS) is 12.2. The van der Waals surface area contributed by atoms with E-state index in [0.29, 0.717) is 23.4 Å². The number of halogens is 4. The van der Waals surface area contributed by atoms with Gasteiger partial charge in [-0.05, 0) is 25.7 Å². The smallest absolute Gasteiger partial charge is 0.357 e. The zero-order valence-electron chi connectivity index (χ0n) is 13.5. The Morgan fingerprint density at radius 2 is 2.04 bits per heavy atom. The molecule has 2 N–H and O–H groups in total. The predicted octanol–water partition coefficient (Wildman–Crippen LogP) is 4.27. The number of aromatic nitrogens is 1. The highest BCUT2D eigenvalue weighted by atomic mass is 127. The van der Waals surface area contributed by atoms with Crippen LogP contribution in [0.5, 0.6) is 0 Å². The second-order valence-corrected chi connectivity index (χ2v) is 6.22. The third-order valence-corrected chi connectivity index (χ3v) is 3.64. The number of hydrogen-bond donors (Lipinski definition) is 2. The molecule has 0 radical (unpaired) electrons. The maximum atomic E-state index is 12.5. The Bertz CT molecular complexity index is 475. The summed E-state index contributed by atoms with van der Waals surface area (Å²) >= 11 is 0.975. The van der Waals surface area contributed by atoms with Gasteiger partial charge in [0.25, 0.3) is 0 Å². The molecule has 1 heterocycles. The van der Waals surface area contributed by atoms with Gasteiger partial charge < -0.3 is 10.6 Å². The van der Waals surface area contributed by atoms with Crippen molar-refractivity contribution in [3.8, 4) is 0 Å². The fourth-order valence-electron chi connectivity index (χ4n) is 1.72.